The highest BCUT2D eigenvalue weighted by molar-refractivity contribution is 9.10. The van der Waals surface area contributed by atoms with E-state index in [4.69, 9.17) is 0 Å². The molecule has 0 N–H and O–H groups in total. The topological polar surface area (TPSA) is 20.3 Å². The van der Waals surface area contributed by atoms with Crippen LogP contribution in [-0.4, -0.2) is 11.9 Å². The third-order valence-electron chi connectivity index (χ3n) is 5.01. The Kier molecular flexibility index (Phi) is 4.64. The zero-order valence-corrected chi connectivity index (χ0v) is 16.2. The van der Waals surface area contributed by atoms with Crippen LogP contribution in [0.5, 0.6) is 0 Å². The van der Waals surface area contributed by atoms with Crippen LogP contribution in [0.2, 0.25) is 0 Å². The number of halogens is 1. The largest absolute Gasteiger partial charge is 0.308 e. The van der Waals surface area contributed by atoms with E-state index in [1.165, 1.54) is 5.56 Å². The molecular formula is C23H20BrNO. The van der Waals surface area contributed by atoms with Crippen LogP contribution in [0.15, 0.2) is 83.3 Å². The van der Waals surface area contributed by atoms with Crippen LogP contribution in [0.3, 0.4) is 0 Å². The molecule has 0 aromatic heterocycles. The Balaban J connectivity index is 1.79. The van der Waals surface area contributed by atoms with E-state index in [-0.39, 0.29) is 17.9 Å². The molecule has 0 spiro atoms. The summed E-state index contributed by atoms with van der Waals surface area (Å²) in [7, 11) is 0. The molecule has 1 aliphatic heterocycles. The zero-order valence-electron chi connectivity index (χ0n) is 14.6. The second-order valence-corrected chi connectivity index (χ2v) is 7.70. The van der Waals surface area contributed by atoms with Crippen molar-refractivity contribution in [2.75, 3.05) is 4.90 Å². The van der Waals surface area contributed by atoms with E-state index < -0.39 is 0 Å². The lowest BCUT2D eigenvalue weighted by Crippen LogP contribution is -2.39. The molecule has 0 aliphatic carbocycles. The van der Waals surface area contributed by atoms with Crippen LogP contribution in [-0.2, 0) is 11.2 Å². The van der Waals surface area contributed by atoms with Crippen molar-refractivity contribution in [2.24, 2.45) is 0 Å². The average molecular weight is 406 g/mol. The van der Waals surface area contributed by atoms with E-state index in [0.717, 1.165) is 27.7 Å². The number of rotatable bonds is 3. The van der Waals surface area contributed by atoms with E-state index in [2.05, 4.69) is 28.9 Å². The Morgan fingerprint density at radius 3 is 2.12 bits per heavy atom. The van der Waals surface area contributed by atoms with Crippen LogP contribution in [0.1, 0.15) is 29.5 Å². The quantitative estimate of drug-likeness (QED) is 0.558. The molecule has 0 unspecified atom stereocenters. The van der Waals surface area contributed by atoms with Gasteiger partial charge in [0.1, 0.15) is 0 Å². The molecule has 130 valence electrons. The van der Waals surface area contributed by atoms with Crippen LogP contribution in [0.4, 0.5) is 5.69 Å². The van der Waals surface area contributed by atoms with Crippen LogP contribution >= 0.6 is 15.9 Å². The van der Waals surface area contributed by atoms with Crippen molar-refractivity contribution in [3.63, 3.8) is 0 Å². The lowest BCUT2D eigenvalue weighted by molar-refractivity contribution is -0.119. The lowest BCUT2D eigenvalue weighted by atomic mass is 9.89. The van der Waals surface area contributed by atoms with Crippen molar-refractivity contribution >= 4 is 27.5 Å². The maximum atomic E-state index is 13.7. The normalized spacial score (nSPS) is 16.0. The third kappa shape index (κ3) is 3.08. The number of amides is 1. The highest BCUT2D eigenvalue weighted by atomic mass is 79.9. The summed E-state index contributed by atoms with van der Waals surface area (Å²) in [4.78, 5) is 15.7. The summed E-state index contributed by atoms with van der Waals surface area (Å²) >= 11 is 3.54. The molecule has 0 saturated carbocycles. The van der Waals surface area contributed by atoms with E-state index in [9.17, 15) is 4.79 Å². The summed E-state index contributed by atoms with van der Waals surface area (Å²) in [6, 6.07) is 26.5. The molecule has 0 radical (unpaired) electrons. The van der Waals surface area contributed by atoms with Gasteiger partial charge in [-0.15, -0.1) is 0 Å². The van der Waals surface area contributed by atoms with Crippen molar-refractivity contribution in [1.29, 1.82) is 0 Å². The van der Waals surface area contributed by atoms with Gasteiger partial charge in [-0.2, -0.15) is 0 Å². The number of hydrogen-bond acceptors (Lipinski definition) is 1. The van der Waals surface area contributed by atoms with Gasteiger partial charge in [0.25, 0.3) is 0 Å². The van der Waals surface area contributed by atoms with Crippen molar-refractivity contribution in [3.8, 4) is 0 Å². The lowest BCUT2D eigenvalue weighted by Gasteiger charge is -2.28. The van der Waals surface area contributed by atoms with Gasteiger partial charge in [-0.3, -0.25) is 4.79 Å². The summed E-state index contributed by atoms with van der Waals surface area (Å²) in [6.07, 6.45) is 0.886. The molecule has 4 rings (SSSR count). The molecule has 1 atom stereocenters. The molecule has 0 fully saturated rings. The van der Waals surface area contributed by atoms with E-state index in [1.807, 2.05) is 77.7 Å². The number of carbonyl (C=O) groups excluding carboxylic acids is 1. The molecule has 0 saturated heterocycles. The Morgan fingerprint density at radius 2 is 1.54 bits per heavy atom. The molecule has 26 heavy (non-hydrogen) atoms. The van der Waals surface area contributed by atoms with E-state index in [1.54, 1.807) is 0 Å². The van der Waals surface area contributed by atoms with Gasteiger partial charge in [-0.05, 0) is 48.2 Å². The second kappa shape index (κ2) is 7.08. The van der Waals surface area contributed by atoms with Gasteiger partial charge in [0.05, 0.1) is 5.92 Å². The van der Waals surface area contributed by atoms with Gasteiger partial charge < -0.3 is 4.90 Å². The third-order valence-corrected chi connectivity index (χ3v) is 5.50. The Labute approximate surface area is 162 Å². The molecule has 3 aromatic rings. The molecule has 1 aliphatic rings. The van der Waals surface area contributed by atoms with Gasteiger partial charge in [-0.1, -0.05) is 76.6 Å². The molecular weight excluding hydrogens is 386 g/mol. The molecule has 2 nitrogen and oxygen atoms in total. The first-order valence-corrected chi connectivity index (χ1v) is 9.66. The van der Waals surface area contributed by atoms with Crippen LogP contribution < -0.4 is 4.90 Å². The van der Waals surface area contributed by atoms with E-state index in [0.29, 0.717) is 0 Å². The van der Waals surface area contributed by atoms with Gasteiger partial charge in [0.2, 0.25) is 5.91 Å². The molecule has 1 amide bonds. The SMILES string of the molecule is C[C@H]1Cc2cc(Br)ccc2N1C(=O)C(c1ccccc1)c1ccccc1. The Morgan fingerprint density at radius 1 is 0.962 bits per heavy atom. The molecule has 0 bridgehead atoms. The number of carbonyl (C=O) groups is 1. The fourth-order valence-corrected chi connectivity index (χ4v) is 4.25. The molecule has 3 heteroatoms. The summed E-state index contributed by atoms with van der Waals surface area (Å²) in [5, 5.41) is 0. The molecule has 1 heterocycles. The monoisotopic (exact) mass is 405 g/mol. The van der Waals surface area contributed by atoms with Gasteiger partial charge in [-0.25, -0.2) is 0 Å². The fraction of sp³-hybridized carbons (Fsp3) is 0.174. The summed E-state index contributed by atoms with van der Waals surface area (Å²) in [5.74, 6) is -0.162. The highest BCUT2D eigenvalue weighted by Crippen LogP contribution is 2.38. The van der Waals surface area contributed by atoms with Crippen molar-refractivity contribution in [3.05, 3.63) is 100 Å². The minimum atomic E-state index is -0.297. The van der Waals surface area contributed by atoms with Crippen LogP contribution in [0, 0.1) is 0 Å². The van der Waals surface area contributed by atoms with Gasteiger partial charge in [0, 0.05) is 16.2 Å². The first-order valence-electron chi connectivity index (χ1n) is 8.86. The Bertz CT molecular complexity index is 884. The Hall–Kier alpha value is -2.39. The van der Waals surface area contributed by atoms with Crippen LogP contribution in [0.25, 0.3) is 0 Å². The standard InChI is InChI=1S/C23H20BrNO/c1-16-14-19-15-20(24)12-13-21(19)25(16)23(26)22(17-8-4-2-5-9-17)18-10-6-3-7-11-18/h2-13,15-16,22H,14H2,1H3/t16-/m0/s1. The molecule has 3 aromatic carbocycles. The number of anilines is 1. The minimum absolute atomic E-state index is 0.135. The first kappa shape index (κ1) is 17.0. The van der Waals surface area contributed by atoms with Gasteiger partial charge >= 0.3 is 0 Å². The predicted octanol–water partition coefficient (Wildman–Crippen LogP) is 5.56. The maximum Gasteiger partial charge on any atom is 0.239 e. The maximum absolute atomic E-state index is 13.7. The van der Waals surface area contributed by atoms with Crippen molar-refractivity contribution in [2.45, 2.75) is 25.3 Å². The van der Waals surface area contributed by atoms with Crippen molar-refractivity contribution in [1.82, 2.24) is 0 Å². The van der Waals surface area contributed by atoms with Crippen molar-refractivity contribution < 1.29 is 4.79 Å². The summed E-state index contributed by atoms with van der Waals surface area (Å²) in [6.45, 7) is 2.12. The second-order valence-electron chi connectivity index (χ2n) is 6.79. The number of hydrogen-bond donors (Lipinski definition) is 0. The van der Waals surface area contributed by atoms with E-state index >= 15 is 0 Å². The first-order chi connectivity index (χ1) is 12.6. The highest BCUT2D eigenvalue weighted by Gasteiger charge is 2.36. The average Bonchev–Trinajstić information content (AvgIpc) is 2.98. The zero-order chi connectivity index (χ0) is 18.1. The number of nitrogens with zero attached hydrogens (tertiary/aromatic N) is 1. The minimum Gasteiger partial charge on any atom is -0.308 e. The fourth-order valence-electron chi connectivity index (χ4n) is 3.84. The van der Waals surface area contributed by atoms with Gasteiger partial charge in [0.15, 0.2) is 0 Å². The summed E-state index contributed by atoms with van der Waals surface area (Å²) in [5.41, 5.74) is 4.31. The smallest absolute Gasteiger partial charge is 0.239 e. The number of fused-ring (bicyclic) bond motifs is 1. The summed E-state index contributed by atoms with van der Waals surface area (Å²) < 4.78 is 1.06. The predicted molar refractivity (Wildman–Crippen MR) is 110 cm³/mol. The number of benzene rings is 3.